The maximum atomic E-state index is 4.29. The van der Waals surface area contributed by atoms with Crippen LogP contribution in [0.2, 0.25) is 0 Å². The molecule has 0 unspecified atom stereocenters. The van der Waals surface area contributed by atoms with E-state index < -0.39 is 0 Å². The lowest BCUT2D eigenvalue weighted by atomic mass is 10.1. The molecule has 2 aromatic rings. The van der Waals surface area contributed by atoms with E-state index in [0.29, 0.717) is 6.04 Å². The number of hydrogen-bond donors (Lipinski definition) is 1. The molecule has 0 spiro atoms. The van der Waals surface area contributed by atoms with E-state index in [9.17, 15) is 0 Å². The lowest BCUT2D eigenvalue weighted by Crippen LogP contribution is -2.28. The van der Waals surface area contributed by atoms with Crippen LogP contribution in [0.25, 0.3) is 11.0 Å². The van der Waals surface area contributed by atoms with Crippen molar-refractivity contribution in [2.45, 2.75) is 26.3 Å². The van der Waals surface area contributed by atoms with Crippen LogP contribution in [0.3, 0.4) is 0 Å². The molecule has 1 N–H and O–H groups in total. The summed E-state index contributed by atoms with van der Waals surface area (Å²) in [5.41, 5.74) is 2.35. The molecule has 0 bridgehead atoms. The number of aromatic nitrogens is 2. The summed E-state index contributed by atoms with van der Waals surface area (Å²) >= 11 is 0. The molecule has 0 aliphatic carbocycles. The van der Waals surface area contributed by atoms with Crippen LogP contribution in [-0.4, -0.2) is 34.5 Å². The maximum Gasteiger partial charge on any atom is 0.137 e. The number of likely N-dealkylation sites (N-methyl/N-ethyl adjacent to an activating group) is 1. The molecule has 0 atom stereocenters. The summed E-state index contributed by atoms with van der Waals surface area (Å²) < 4.78 is 0. The third-order valence-electron chi connectivity index (χ3n) is 3.15. The van der Waals surface area contributed by atoms with Crippen LogP contribution < -0.4 is 0 Å². The Bertz CT molecular complexity index is 459. The molecule has 0 radical (unpaired) electrons. The Balaban J connectivity index is 2.10. The largest absolute Gasteiger partial charge is 0.346 e. The Labute approximate surface area is 96.5 Å². The minimum absolute atomic E-state index is 0.600. The predicted molar refractivity (Wildman–Crippen MR) is 67.6 cm³/mol. The van der Waals surface area contributed by atoms with Gasteiger partial charge in [0, 0.05) is 30.4 Å². The van der Waals surface area contributed by atoms with Crippen LogP contribution in [0.1, 0.15) is 19.4 Å². The van der Waals surface area contributed by atoms with Gasteiger partial charge in [-0.05, 0) is 45.0 Å². The van der Waals surface area contributed by atoms with Gasteiger partial charge in [-0.25, -0.2) is 4.98 Å². The Morgan fingerprint density at radius 2 is 2.25 bits per heavy atom. The zero-order chi connectivity index (χ0) is 11.5. The third kappa shape index (κ3) is 2.25. The first kappa shape index (κ1) is 11.1. The molecule has 2 rings (SSSR count). The highest BCUT2D eigenvalue weighted by atomic mass is 15.1. The summed E-state index contributed by atoms with van der Waals surface area (Å²) in [4.78, 5) is 9.86. The fourth-order valence-corrected chi connectivity index (χ4v) is 1.77. The Hall–Kier alpha value is -1.35. The first-order chi connectivity index (χ1) is 7.68. The number of rotatable bonds is 4. The van der Waals surface area contributed by atoms with Gasteiger partial charge in [-0.1, -0.05) is 0 Å². The van der Waals surface area contributed by atoms with Gasteiger partial charge in [0.25, 0.3) is 0 Å². The Morgan fingerprint density at radius 1 is 1.44 bits per heavy atom. The molecule has 2 aromatic heterocycles. The fourth-order valence-electron chi connectivity index (χ4n) is 1.77. The molecule has 0 aromatic carbocycles. The standard InChI is InChI=1S/C13H19N3/c1-10(2)16(3)8-6-11-9-15-13-12(11)5-4-7-14-13/h4-5,7,9-10H,6,8H2,1-3H3,(H,14,15). The molecule has 0 aliphatic rings. The average Bonchev–Trinajstić information content (AvgIpc) is 2.69. The minimum atomic E-state index is 0.600. The summed E-state index contributed by atoms with van der Waals surface area (Å²) in [5.74, 6) is 0. The van der Waals surface area contributed by atoms with Crippen LogP contribution in [0.15, 0.2) is 24.5 Å². The van der Waals surface area contributed by atoms with Crippen LogP contribution >= 0.6 is 0 Å². The highest BCUT2D eigenvalue weighted by Gasteiger charge is 2.07. The van der Waals surface area contributed by atoms with Crippen molar-refractivity contribution in [1.29, 1.82) is 0 Å². The maximum absolute atomic E-state index is 4.29. The molecule has 86 valence electrons. The van der Waals surface area contributed by atoms with E-state index in [1.807, 2.05) is 12.3 Å². The first-order valence-corrected chi connectivity index (χ1v) is 5.79. The molecule has 16 heavy (non-hydrogen) atoms. The summed E-state index contributed by atoms with van der Waals surface area (Å²) in [6.07, 6.45) is 4.97. The third-order valence-corrected chi connectivity index (χ3v) is 3.15. The highest BCUT2D eigenvalue weighted by Crippen LogP contribution is 2.16. The molecule has 0 aliphatic heterocycles. The Kier molecular flexibility index (Phi) is 3.25. The van der Waals surface area contributed by atoms with E-state index in [2.05, 4.69) is 48.0 Å². The van der Waals surface area contributed by atoms with E-state index in [-0.39, 0.29) is 0 Å². The molecule has 3 nitrogen and oxygen atoms in total. The van der Waals surface area contributed by atoms with E-state index in [0.717, 1.165) is 18.6 Å². The van der Waals surface area contributed by atoms with Crippen molar-refractivity contribution in [2.24, 2.45) is 0 Å². The second-order valence-electron chi connectivity index (χ2n) is 4.54. The average molecular weight is 217 g/mol. The molecule has 3 heteroatoms. The number of pyridine rings is 1. The van der Waals surface area contributed by atoms with Gasteiger partial charge in [-0.3, -0.25) is 0 Å². The van der Waals surface area contributed by atoms with Gasteiger partial charge in [0.15, 0.2) is 0 Å². The summed E-state index contributed by atoms with van der Waals surface area (Å²) in [6.45, 7) is 5.52. The smallest absolute Gasteiger partial charge is 0.137 e. The number of aromatic amines is 1. The van der Waals surface area contributed by atoms with Crippen molar-refractivity contribution in [1.82, 2.24) is 14.9 Å². The van der Waals surface area contributed by atoms with Gasteiger partial charge in [-0.2, -0.15) is 0 Å². The monoisotopic (exact) mass is 217 g/mol. The van der Waals surface area contributed by atoms with Gasteiger partial charge >= 0.3 is 0 Å². The van der Waals surface area contributed by atoms with Gasteiger partial charge in [0.05, 0.1) is 0 Å². The van der Waals surface area contributed by atoms with E-state index in [1.165, 1.54) is 10.9 Å². The lowest BCUT2D eigenvalue weighted by molar-refractivity contribution is 0.278. The van der Waals surface area contributed by atoms with Crippen molar-refractivity contribution < 1.29 is 0 Å². The van der Waals surface area contributed by atoms with Gasteiger partial charge in [0.1, 0.15) is 5.65 Å². The number of nitrogens with zero attached hydrogens (tertiary/aromatic N) is 2. The molecular weight excluding hydrogens is 198 g/mol. The van der Waals surface area contributed by atoms with Gasteiger partial charge < -0.3 is 9.88 Å². The van der Waals surface area contributed by atoms with Crippen molar-refractivity contribution in [3.63, 3.8) is 0 Å². The summed E-state index contributed by atoms with van der Waals surface area (Å²) in [6, 6.07) is 4.72. The summed E-state index contributed by atoms with van der Waals surface area (Å²) in [7, 11) is 2.16. The zero-order valence-electron chi connectivity index (χ0n) is 10.2. The number of H-pyrrole nitrogens is 1. The second kappa shape index (κ2) is 4.66. The normalized spacial score (nSPS) is 11.8. The quantitative estimate of drug-likeness (QED) is 0.853. The topological polar surface area (TPSA) is 31.9 Å². The Morgan fingerprint density at radius 3 is 3.00 bits per heavy atom. The molecule has 0 amide bonds. The van der Waals surface area contributed by atoms with E-state index >= 15 is 0 Å². The second-order valence-corrected chi connectivity index (χ2v) is 4.54. The van der Waals surface area contributed by atoms with Crippen LogP contribution in [-0.2, 0) is 6.42 Å². The minimum Gasteiger partial charge on any atom is -0.346 e. The van der Waals surface area contributed by atoms with Gasteiger partial charge in [0.2, 0.25) is 0 Å². The van der Waals surface area contributed by atoms with Crippen molar-refractivity contribution >= 4 is 11.0 Å². The SMILES string of the molecule is CC(C)N(C)CCc1c[nH]c2ncccc12. The zero-order valence-corrected chi connectivity index (χ0v) is 10.2. The first-order valence-electron chi connectivity index (χ1n) is 5.79. The molecule has 0 saturated heterocycles. The molecule has 2 heterocycles. The fraction of sp³-hybridized carbons (Fsp3) is 0.462. The van der Waals surface area contributed by atoms with Crippen molar-refractivity contribution in [3.05, 3.63) is 30.1 Å². The molecule has 0 fully saturated rings. The molecular formula is C13H19N3. The highest BCUT2D eigenvalue weighted by molar-refractivity contribution is 5.79. The van der Waals surface area contributed by atoms with Crippen molar-refractivity contribution in [3.8, 4) is 0 Å². The summed E-state index contributed by atoms with van der Waals surface area (Å²) in [5, 5.41) is 1.25. The van der Waals surface area contributed by atoms with Crippen LogP contribution in [0.5, 0.6) is 0 Å². The lowest BCUT2D eigenvalue weighted by Gasteiger charge is -2.20. The molecule has 0 saturated carbocycles. The van der Waals surface area contributed by atoms with Gasteiger partial charge in [-0.15, -0.1) is 0 Å². The van der Waals surface area contributed by atoms with Crippen LogP contribution in [0, 0.1) is 0 Å². The van der Waals surface area contributed by atoms with Crippen molar-refractivity contribution in [2.75, 3.05) is 13.6 Å². The predicted octanol–water partition coefficient (Wildman–Crippen LogP) is 2.45. The number of fused-ring (bicyclic) bond motifs is 1. The number of nitrogens with one attached hydrogen (secondary N) is 1. The van der Waals surface area contributed by atoms with Crippen LogP contribution in [0.4, 0.5) is 0 Å². The van der Waals surface area contributed by atoms with E-state index in [1.54, 1.807) is 0 Å². The van der Waals surface area contributed by atoms with E-state index in [4.69, 9.17) is 0 Å². The number of hydrogen-bond acceptors (Lipinski definition) is 2.